The third-order valence-electron chi connectivity index (χ3n) is 5.97. The van der Waals surface area contributed by atoms with Gasteiger partial charge < -0.3 is 25.2 Å². The average molecular weight is 467 g/mol. The van der Waals surface area contributed by atoms with Gasteiger partial charge in [-0.3, -0.25) is 4.79 Å². The summed E-state index contributed by atoms with van der Waals surface area (Å²) in [5.41, 5.74) is 3.41. The zero-order valence-electron chi connectivity index (χ0n) is 21.3. The van der Waals surface area contributed by atoms with E-state index in [0.717, 1.165) is 54.6 Å². The second kappa shape index (κ2) is 11.3. The SMILES string of the molecule is C=C1N(C)c2cnc(Nc3ccc(C(=O)NCC(C)C)cc3C)nc2N1C1CCOCC1.CC. The number of anilines is 4. The quantitative estimate of drug-likeness (QED) is 0.630. The minimum absolute atomic E-state index is 0.0595. The highest BCUT2D eigenvalue weighted by Crippen LogP contribution is 2.41. The Labute approximate surface area is 203 Å². The first-order chi connectivity index (χ1) is 16.3. The topological polar surface area (TPSA) is 82.6 Å². The predicted octanol–water partition coefficient (Wildman–Crippen LogP) is 4.85. The second-order valence-electron chi connectivity index (χ2n) is 8.85. The molecule has 0 radical (unpaired) electrons. The molecule has 8 heteroatoms. The molecule has 0 unspecified atom stereocenters. The molecule has 0 spiro atoms. The second-order valence-corrected chi connectivity index (χ2v) is 8.85. The number of ether oxygens (including phenoxy) is 1. The van der Waals surface area contributed by atoms with Crippen molar-refractivity contribution >= 4 is 29.0 Å². The maximum atomic E-state index is 12.4. The van der Waals surface area contributed by atoms with Gasteiger partial charge in [0.15, 0.2) is 5.82 Å². The third kappa shape index (κ3) is 5.50. The molecule has 0 bridgehead atoms. The van der Waals surface area contributed by atoms with E-state index >= 15 is 0 Å². The van der Waals surface area contributed by atoms with Crippen molar-refractivity contribution in [2.24, 2.45) is 5.92 Å². The van der Waals surface area contributed by atoms with Gasteiger partial charge in [0, 0.05) is 44.1 Å². The maximum absolute atomic E-state index is 12.4. The van der Waals surface area contributed by atoms with Gasteiger partial charge in [-0.05, 0) is 49.4 Å². The monoisotopic (exact) mass is 466 g/mol. The smallest absolute Gasteiger partial charge is 0.251 e. The third-order valence-corrected chi connectivity index (χ3v) is 5.97. The number of benzene rings is 1. The number of hydrogen-bond acceptors (Lipinski definition) is 7. The molecule has 1 aromatic carbocycles. The van der Waals surface area contributed by atoms with Crippen molar-refractivity contribution in [2.45, 2.75) is 53.5 Å². The van der Waals surface area contributed by atoms with Gasteiger partial charge in [0.2, 0.25) is 5.95 Å². The van der Waals surface area contributed by atoms with Crippen LogP contribution in [0.4, 0.5) is 23.1 Å². The van der Waals surface area contributed by atoms with E-state index in [-0.39, 0.29) is 5.91 Å². The molecule has 2 aliphatic rings. The largest absolute Gasteiger partial charge is 0.381 e. The Morgan fingerprint density at radius 2 is 1.97 bits per heavy atom. The minimum Gasteiger partial charge on any atom is -0.381 e. The first kappa shape index (κ1) is 25.5. The normalized spacial score (nSPS) is 15.7. The summed E-state index contributed by atoms with van der Waals surface area (Å²) in [5, 5.41) is 6.27. The zero-order chi connectivity index (χ0) is 24.8. The molecule has 2 aliphatic heterocycles. The number of carbonyl (C=O) groups excluding carboxylic acids is 1. The maximum Gasteiger partial charge on any atom is 0.251 e. The van der Waals surface area contributed by atoms with Crippen molar-refractivity contribution < 1.29 is 9.53 Å². The lowest BCUT2D eigenvalue weighted by Crippen LogP contribution is -2.39. The highest BCUT2D eigenvalue weighted by molar-refractivity contribution is 5.95. The van der Waals surface area contributed by atoms with E-state index < -0.39 is 0 Å². The predicted molar refractivity (Wildman–Crippen MR) is 139 cm³/mol. The van der Waals surface area contributed by atoms with Crippen LogP contribution in [0.2, 0.25) is 0 Å². The van der Waals surface area contributed by atoms with Crippen LogP contribution in [0.25, 0.3) is 0 Å². The van der Waals surface area contributed by atoms with Crippen molar-refractivity contribution in [2.75, 3.05) is 41.9 Å². The lowest BCUT2D eigenvalue weighted by atomic mass is 10.1. The summed E-state index contributed by atoms with van der Waals surface area (Å²) in [6.07, 6.45) is 3.72. The number of nitrogens with one attached hydrogen (secondary N) is 2. The van der Waals surface area contributed by atoms with Crippen LogP contribution >= 0.6 is 0 Å². The minimum atomic E-state index is -0.0595. The van der Waals surface area contributed by atoms with E-state index in [0.29, 0.717) is 30.0 Å². The van der Waals surface area contributed by atoms with Gasteiger partial charge >= 0.3 is 0 Å². The van der Waals surface area contributed by atoms with Crippen LogP contribution in [0.1, 0.15) is 56.5 Å². The zero-order valence-corrected chi connectivity index (χ0v) is 21.3. The number of nitrogens with zero attached hydrogens (tertiary/aromatic N) is 4. The van der Waals surface area contributed by atoms with Gasteiger partial charge in [0.1, 0.15) is 11.5 Å². The number of carbonyl (C=O) groups is 1. The van der Waals surface area contributed by atoms with Crippen LogP contribution in [-0.4, -0.2) is 48.7 Å². The molecular weight excluding hydrogens is 428 g/mol. The Hall–Kier alpha value is -3.13. The highest BCUT2D eigenvalue weighted by atomic mass is 16.5. The molecule has 2 N–H and O–H groups in total. The van der Waals surface area contributed by atoms with Crippen LogP contribution in [0, 0.1) is 12.8 Å². The molecule has 0 saturated carbocycles. The van der Waals surface area contributed by atoms with Gasteiger partial charge in [0.25, 0.3) is 5.91 Å². The Morgan fingerprint density at radius 1 is 1.26 bits per heavy atom. The summed E-state index contributed by atoms with van der Waals surface area (Å²) in [5.74, 6) is 2.64. The van der Waals surface area contributed by atoms with E-state index in [1.807, 2.05) is 57.1 Å². The molecule has 1 aromatic heterocycles. The van der Waals surface area contributed by atoms with Crippen molar-refractivity contribution in [3.63, 3.8) is 0 Å². The number of fused-ring (bicyclic) bond motifs is 1. The number of amides is 1. The molecule has 0 atom stereocenters. The Balaban J connectivity index is 0.00000158. The molecule has 184 valence electrons. The fourth-order valence-corrected chi connectivity index (χ4v) is 4.05. The molecule has 0 aliphatic carbocycles. The van der Waals surface area contributed by atoms with Crippen LogP contribution < -0.4 is 20.4 Å². The van der Waals surface area contributed by atoms with Crippen molar-refractivity contribution in [3.8, 4) is 0 Å². The highest BCUT2D eigenvalue weighted by Gasteiger charge is 2.35. The number of rotatable bonds is 6. The summed E-state index contributed by atoms with van der Waals surface area (Å²) >= 11 is 0. The van der Waals surface area contributed by atoms with Crippen LogP contribution in [0.3, 0.4) is 0 Å². The first-order valence-corrected chi connectivity index (χ1v) is 12.2. The van der Waals surface area contributed by atoms with Gasteiger partial charge in [-0.1, -0.05) is 34.3 Å². The van der Waals surface area contributed by atoms with E-state index in [1.54, 1.807) is 0 Å². The van der Waals surface area contributed by atoms with Crippen molar-refractivity contribution in [3.05, 3.63) is 47.9 Å². The standard InChI is InChI=1S/C24H32N6O2.C2H6/c1-15(2)13-25-23(31)18-6-7-20(16(3)12-18)27-24-26-14-21-22(28-24)30(17(4)29(21)5)19-8-10-32-11-9-19;1-2/h6-7,12,14-15,19H,4,8-11,13H2,1-3,5H3,(H,25,31)(H,26,27,28);1-2H3. The molecule has 4 rings (SSSR count). The molecule has 2 aromatic rings. The van der Waals surface area contributed by atoms with E-state index in [1.165, 1.54) is 0 Å². The van der Waals surface area contributed by atoms with E-state index in [4.69, 9.17) is 9.72 Å². The summed E-state index contributed by atoms with van der Waals surface area (Å²) in [6.45, 7) is 16.5. The summed E-state index contributed by atoms with van der Waals surface area (Å²) in [4.78, 5) is 26.0. The van der Waals surface area contributed by atoms with Crippen LogP contribution in [0.5, 0.6) is 0 Å². The van der Waals surface area contributed by atoms with Gasteiger partial charge in [-0.25, -0.2) is 4.98 Å². The molecule has 1 amide bonds. The van der Waals surface area contributed by atoms with Gasteiger partial charge in [0.05, 0.1) is 6.20 Å². The molecular formula is C26H38N6O2. The molecule has 34 heavy (non-hydrogen) atoms. The Kier molecular flexibility index (Phi) is 8.50. The molecule has 1 fully saturated rings. The molecule has 3 heterocycles. The van der Waals surface area contributed by atoms with Crippen LogP contribution in [-0.2, 0) is 4.74 Å². The molecule has 8 nitrogen and oxygen atoms in total. The van der Waals surface area contributed by atoms with Crippen LogP contribution in [0.15, 0.2) is 36.8 Å². The first-order valence-electron chi connectivity index (χ1n) is 12.2. The lowest BCUT2D eigenvalue weighted by molar-refractivity contribution is 0.0858. The fraction of sp³-hybridized carbons (Fsp3) is 0.500. The van der Waals surface area contributed by atoms with E-state index in [9.17, 15) is 4.79 Å². The lowest BCUT2D eigenvalue weighted by Gasteiger charge is -2.33. The summed E-state index contributed by atoms with van der Waals surface area (Å²) in [7, 11) is 1.99. The number of aryl methyl sites for hydroxylation is 1. The Morgan fingerprint density at radius 3 is 2.62 bits per heavy atom. The fourth-order valence-electron chi connectivity index (χ4n) is 4.05. The number of aromatic nitrogens is 2. The number of hydrogen-bond donors (Lipinski definition) is 2. The van der Waals surface area contributed by atoms with Crippen molar-refractivity contribution in [1.82, 2.24) is 15.3 Å². The Bertz CT molecular complexity index is 1020. The van der Waals surface area contributed by atoms with E-state index in [2.05, 4.69) is 40.9 Å². The summed E-state index contributed by atoms with van der Waals surface area (Å²) < 4.78 is 5.53. The molecule has 1 saturated heterocycles. The van der Waals surface area contributed by atoms with Gasteiger partial charge in [-0.15, -0.1) is 0 Å². The van der Waals surface area contributed by atoms with Crippen molar-refractivity contribution in [1.29, 1.82) is 0 Å². The average Bonchev–Trinajstić information content (AvgIpc) is 3.10. The van der Waals surface area contributed by atoms with Gasteiger partial charge in [-0.2, -0.15) is 4.98 Å². The summed E-state index contributed by atoms with van der Waals surface area (Å²) in [6, 6.07) is 5.92.